The maximum Gasteiger partial charge on any atom is 0.0154 e. The van der Waals surface area contributed by atoms with Crippen LogP contribution in [0.2, 0.25) is 0 Å². The number of hydrogen-bond donors (Lipinski definition) is 0. The molecule has 1 aliphatic carbocycles. The summed E-state index contributed by atoms with van der Waals surface area (Å²) in [4.78, 5) is 6.19. The van der Waals surface area contributed by atoms with Crippen molar-refractivity contribution >= 4 is 0 Å². The molecule has 0 aromatic rings. The SMILES string of the molecule is C=CCN(C)C.C=CCN(C)C.C=CCN(C)C.[C-]1=CC=CC1.[Zr]. The maximum atomic E-state index is 3.56. The van der Waals surface area contributed by atoms with Crippen LogP contribution in [0.3, 0.4) is 0 Å². The zero-order chi connectivity index (χ0) is 18.5. The minimum absolute atomic E-state index is 0. The molecule has 0 bridgehead atoms. The molecule has 0 spiro atoms. The van der Waals surface area contributed by atoms with Crippen LogP contribution in [0.25, 0.3) is 0 Å². The third-order valence-corrected chi connectivity index (χ3v) is 2.07. The first-order valence-corrected chi connectivity index (χ1v) is 7.80. The van der Waals surface area contributed by atoms with Crippen LogP contribution in [0, 0.1) is 6.08 Å². The summed E-state index contributed by atoms with van der Waals surface area (Å²) in [6.45, 7) is 13.6. The zero-order valence-corrected chi connectivity index (χ0v) is 19.2. The first kappa shape index (κ1) is 31.3. The maximum absolute atomic E-state index is 3.56. The van der Waals surface area contributed by atoms with Crippen molar-refractivity contribution in [3.8, 4) is 0 Å². The number of rotatable bonds is 6. The van der Waals surface area contributed by atoms with Gasteiger partial charge in [0.1, 0.15) is 0 Å². The number of hydrogen-bond acceptors (Lipinski definition) is 3. The van der Waals surface area contributed by atoms with Crippen molar-refractivity contribution in [2.24, 2.45) is 0 Å². The Morgan fingerprint density at radius 3 is 1.17 bits per heavy atom. The summed E-state index contributed by atoms with van der Waals surface area (Å²) in [7, 11) is 12.1. The van der Waals surface area contributed by atoms with Crippen LogP contribution >= 0.6 is 0 Å². The second-order valence-electron chi connectivity index (χ2n) is 5.66. The fourth-order valence-electron chi connectivity index (χ4n) is 1.11. The zero-order valence-electron chi connectivity index (χ0n) is 16.8. The van der Waals surface area contributed by atoms with Gasteiger partial charge in [0.15, 0.2) is 0 Å². The van der Waals surface area contributed by atoms with Crippen LogP contribution in [0.15, 0.2) is 56.2 Å². The summed E-state index contributed by atoms with van der Waals surface area (Å²) in [5.41, 5.74) is 0. The summed E-state index contributed by atoms with van der Waals surface area (Å²) in [6, 6.07) is 0. The predicted molar refractivity (Wildman–Crippen MR) is 108 cm³/mol. The molecule has 0 aromatic heterocycles. The van der Waals surface area contributed by atoms with E-state index in [1.54, 1.807) is 0 Å². The van der Waals surface area contributed by atoms with Crippen LogP contribution in [0.5, 0.6) is 0 Å². The molecule has 4 heteroatoms. The predicted octanol–water partition coefficient (Wildman–Crippen LogP) is 3.51. The van der Waals surface area contributed by atoms with Crippen LogP contribution in [-0.4, -0.2) is 76.6 Å². The van der Waals surface area contributed by atoms with Gasteiger partial charge in [-0.1, -0.05) is 18.2 Å². The van der Waals surface area contributed by atoms with Gasteiger partial charge in [-0.15, -0.1) is 26.2 Å². The van der Waals surface area contributed by atoms with Gasteiger partial charge >= 0.3 is 0 Å². The Hall–Kier alpha value is -0.537. The van der Waals surface area contributed by atoms with Crippen molar-refractivity contribution < 1.29 is 26.2 Å². The quantitative estimate of drug-likeness (QED) is 0.489. The van der Waals surface area contributed by atoms with Crippen molar-refractivity contribution in [1.82, 2.24) is 14.7 Å². The van der Waals surface area contributed by atoms with Gasteiger partial charge in [0.05, 0.1) is 0 Å². The fraction of sp³-hybridized carbons (Fsp3) is 0.500. The van der Waals surface area contributed by atoms with Gasteiger partial charge in [-0.25, -0.2) is 12.2 Å². The minimum Gasteiger partial charge on any atom is -0.306 e. The summed E-state index contributed by atoms with van der Waals surface area (Å²) < 4.78 is 0. The molecule has 0 heterocycles. The van der Waals surface area contributed by atoms with E-state index in [4.69, 9.17) is 0 Å². The van der Waals surface area contributed by atoms with Crippen molar-refractivity contribution in [1.29, 1.82) is 0 Å². The first-order chi connectivity index (χ1) is 10.8. The molecule has 3 nitrogen and oxygen atoms in total. The van der Waals surface area contributed by atoms with E-state index in [1.807, 2.05) is 72.7 Å². The largest absolute Gasteiger partial charge is 0.306 e. The summed E-state index contributed by atoms with van der Waals surface area (Å²) in [6.07, 6.45) is 15.6. The van der Waals surface area contributed by atoms with Gasteiger partial charge in [-0.3, -0.25) is 6.08 Å². The minimum atomic E-state index is 0. The second kappa shape index (κ2) is 27.3. The van der Waals surface area contributed by atoms with Gasteiger partial charge in [0, 0.05) is 45.8 Å². The Morgan fingerprint density at radius 1 is 0.792 bits per heavy atom. The first-order valence-electron chi connectivity index (χ1n) is 7.80. The molecule has 0 unspecified atom stereocenters. The molecule has 0 fully saturated rings. The average Bonchev–Trinajstić information content (AvgIpc) is 2.98. The van der Waals surface area contributed by atoms with E-state index < -0.39 is 0 Å². The van der Waals surface area contributed by atoms with Crippen molar-refractivity contribution in [2.45, 2.75) is 6.42 Å². The topological polar surface area (TPSA) is 9.72 Å². The van der Waals surface area contributed by atoms with Crippen LogP contribution in [0.1, 0.15) is 6.42 Å². The molecule has 0 N–H and O–H groups in total. The van der Waals surface area contributed by atoms with E-state index in [-0.39, 0.29) is 26.2 Å². The molecule has 0 radical (unpaired) electrons. The molecular formula is C20H38N3Zr-. The van der Waals surface area contributed by atoms with E-state index >= 15 is 0 Å². The molecule has 1 aliphatic rings. The third kappa shape index (κ3) is 49.6. The molecule has 1 rings (SSSR count). The summed E-state index contributed by atoms with van der Waals surface area (Å²) >= 11 is 0. The van der Waals surface area contributed by atoms with Gasteiger partial charge in [-0.05, 0) is 42.3 Å². The number of allylic oxidation sites excluding steroid dienone is 4. The Bertz CT molecular complexity index is 276. The smallest absolute Gasteiger partial charge is 0.0154 e. The Labute approximate surface area is 171 Å². The van der Waals surface area contributed by atoms with Crippen molar-refractivity contribution in [3.05, 3.63) is 62.3 Å². The second-order valence-corrected chi connectivity index (χ2v) is 5.66. The molecule has 0 saturated carbocycles. The van der Waals surface area contributed by atoms with Crippen molar-refractivity contribution in [2.75, 3.05) is 61.9 Å². The van der Waals surface area contributed by atoms with Gasteiger partial charge in [-0.2, -0.15) is 6.08 Å². The van der Waals surface area contributed by atoms with Crippen LogP contribution in [0.4, 0.5) is 0 Å². The molecule has 0 atom stereocenters. The Morgan fingerprint density at radius 2 is 1.12 bits per heavy atom. The molecular weight excluding hydrogens is 373 g/mol. The van der Waals surface area contributed by atoms with E-state index in [0.717, 1.165) is 26.1 Å². The third-order valence-electron chi connectivity index (χ3n) is 2.07. The van der Waals surface area contributed by atoms with Crippen molar-refractivity contribution in [3.63, 3.8) is 0 Å². The Balaban J connectivity index is -0.000000110. The summed E-state index contributed by atoms with van der Waals surface area (Å²) in [5, 5.41) is 0. The van der Waals surface area contributed by atoms with Crippen LogP contribution in [-0.2, 0) is 26.2 Å². The number of nitrogens with zero attached hydrogens (tertiary/aromatic N) is 3. The van der Waals surface area contributed by atoms with E-state index in [1.165, 1.54) is 0 Å². The Kier molecular flexibility index (Phi) is 35.6. The van der Waals surface area contributed by atoms with Gasteiger partial charge < -0.3 is 14.7 Å². The molecule has 0 aromatic carbocycles. The van der Waals surface area contributed by atoms with Gasteiger partial charge in [0.25, 0.3) is 0 Å². The average molecular weight is 412 g/mol. The fourth-order valence-corrected chi connectivity index (χ4v) is 1.11. The molecule has 0 aliphatic heterocycles. The molecule has 0 saturated heterocycles. The van der Waals surface area contributed by atoms with E-state index in [9.17, 15) is 0 Å². The standard InChI is InChI=1S/3C5H11N.C5H5.Zr/c3*1-4-5-6(2)3;1-2-4-5-3-1;/h3*4H,1,5H2,2-3H3;1-3H,4H2;/q;;;-1;. The normalized spacial score (nSPS) is 10.5. The number of likely N-dealkylation sites (N-methyl/N-ethyl adjacent to an activating group) is 3. The summed E-state index contributed by atoms with van der Waals surface area (Å²) in [5.74, 6) is 0. The molecule has 138 valence electrons. The van der Waals surface area contributed by atoms with E-state index in [2.05, 4.69) is 46.6 Å². The monoisotopic (exact) mass is 410 g/mol. The molecule has 0 amide bonds. The van der Waals surface area contributed by atoms with Crippen LogP contribution < -0.4 is 0 Å². The van der Waals surface area contributed by atoms with E-state index in [0.29, 0.717) is 0 Å². The van der Waals surface area contributed by atoms with Gasteiger partial charge in [0.2, 0.25) is 0 Å². The molecule has 24 heavy (non-hydrogen) atoms.